The largest absolute Gasteiger partial charge is 0.391 e. The molecule has 1 saturated heterocycles. The average molecular weight is 206 g/mol. The highest BCUT2D eigenvalue weighted by Gasteiger charge is 2.25. The van der Waals surface area contributed by atoms with Crippen LogP contribution < -0.4 is 0 Å². The third-order valence-corrected chi connectivity index (χ3v) is 4.90. The van der Waals surface area contributed by atoms with Gasteiger partial charge in [-0.2, -0.15) is 23.5 Å². The Hall–Kier alpha value is 0.660. The van der Waals surface area contributed by atoms with Crippen LogP contribution in [0.3, 0.4) is 0 Å². The van der Waals surface area contributed by atoms with E-state index in [1.807, 2.05) is 23.5 Å². The third-order valence-electron chi connectivity index (χ3n) is 2.08. The Morgan fingerprint density at radius 2 is 2.25 bits per heavy atom. The summed E-state index contributed by atoms with van der Waals surface area (Å²) in [7, 11) is 0. The van der Waals surface area contributed by atoms with E-state index in [2.05, 4.69) is 6.92 Å². The summed E-state index contributed by atoms with van der Waals surface area (Å²) in [4.78, 5) is 0. The number of aliphatic hydroxyl groups is 1. The summed E-state index contributed by atoms with van der Waals surface area (Å²) in [6, 6.07) is 0. The van der Waals surface area contributed by atoms with Gasteiger partial charge in [-0.15, -0.1) is 0 Å². The Labute approximate surface area is 83.7 Å². The van der Waals surface area contributed by atoms with E-state index in [9.17, 15) is 5.11 Å². The Bertz CT molecular complexity index is 119. The van der Waals surface area contributed by atoms with Crippen molar-refractivity contribution in [1.82, 2.24) is 0 Å². The van der Waals surface area contributed by atoms with Gasteiger partial charge in [0.2, 0.25) is 0 Å². The number of hydrogen-bond acceptors (Lipinski definition) is 3. The van der Waals surface area contributed by atoms with E-state index in [0.29, 0.717) is 5.25 Å². The van der Waals surface area contributed by atoms with Crippen LogP contribution in [0.15, 0.2) is 0 Å². The SMILES string of the molecule is CCCCCSC1CSCC1O. The monoisotopic (exact) mass is 206 g/mol. The van der Waals surface area contributed by atoms with Crippen LogP contribution in [0.5, 0.6) is 0 Å². The standard InChI is InChI=1S/C9H18OS2/c1-2-3-4-5-12-9-7-11-6-8(9)10/h8-10H,2-7H2,1H3. The normalized spacial score (nSPS) is 29.5. The highest BCUT2D eigenvalue weighted by Crippen LogP contribution is 2.29. The Balaban J connectivity index is 1.98. The minimum Gasteiger partial charge on any atom is -0.391 e. The molecule has 12 heavy (non-hydrogen) atoms. The molecule has 1 fully saturated rings. The molecule has 0 aromatic carbocycles. The van der Waals surface area contributed by atoms with Crippen LogP contribution in [-0.2, 0) is 0 Å². The first-order valence-corrected chi connectivity index (χ1v) is 6.92. The fourth-order valence-electron chi connectivity index (χ4n) is 1.27. The lowest BCUT2D eigenvalue weighted by Crippen LogP contribution is -2.20. The van der Waals surface area contributed by atoms with Gasteiger partial charge >= 0.3 is 0 Å². The molecule has 0 bridgehead atoms. The second-order valence-corrected chi connectivity index (χ2v) is 5.64. The van der Waals surface area contributed by atoms with Crippen molar-refractivity contribution in [3.63, 3.8) is 0 Å². The summed E-state index contributed by atoms with van der Waals surface area (Å²) in [5, 5.41) is 10.0. The molecule has 2 unspecified atom stereocenters. The van der Waals surface area contributed by atoms with Gasteiger partial charge in [0.25, 0.3) is 0 Å². The maximum Gasteiger partial charge on any atom is 0.0757 e. The summed E-state index contributed by atoms with van der Waals surface area (Å²) in [5.74, 6) is 3.33. The molecule has 0 aromatic heterocycles. The second kappa shape index (κ2) is 6.17. The summed E-state index contributed by atoms with van der Waals surface area (Å²) < 4.78 is 0. The van der Waals surface area contributed by atoms with Crippen molar-refractivity contribution in [2.45, 2.75) is 37.5 Å². The van der Waals surface area contributed by atoms with Crippen molar-refractivity contribution < 1.29 is 5.11 Å². The number of thioether (sulfide) groups is 2. The van der Waals surface area contributed by atoms with Crippen molar-refractivity contribution in [2.75, 3.05) is 17.3 Å². The van der Waals surface area contributed by atoms with E-state index < -0.39 is 0 Å². The quantitative estimate of drug-likeness (QED) is 0.698. The van der Waals surface area contributed by atoms with Gasteiger partial charge in [0.05, 0.1) is 6.10 Å². The van der Waals surface area contributed by atoms with Gasteiger partial charge in [-0.1, -0.05) is 19.8 Å². The molecular formula is C9H18OS2. The number of unbranched alkanes of at least 4 members (excludes halogenated alkanes) is 2. The van der Waals surface area contributed by atoms with Gasteiger partial charge in [-0.25, -0.2) is 0 Å². The topological polar surface area (TPSA) is 20.2 Å². The van der Waals surface area contributed by atoms with E-state index in [1.54, 1.807) is 0 Å². The molecular weight excluding hydrogens is 188 g/mol. The zero-order chi connectivity index (χ0) is 8.81. The smallest absolute Gasteiger partial charge is 0.0757 e. The van der Waals surface area contributed by atoms with Crippen LogP contribution in [0.1, 0.15) is 26.2 Å². The summed E-state index contributed by atoms with van der Waals surface area (Å²) in [5.41, 5.74) is 0. The van der Waals surface area contributed by atoms with Crippen LogP contribution >= 0.6 is 23.5 Å². The van der Waals surface area contributed by atoms with E-state index in [4.69, 9.17) is 0 Å². The molecule has 72 valence electrons. The van der Waals surface area contributed by atoms with Crippen LogP contribution in [-0.4, -0.2) is 33.7 Å². The van der Waals surface area contributed by atoms with Crippen LogP contribution in [0, 0.1) is 0 Å². The maximum absolute atomic E-state index is 9.50. The molecule has 2 atom stereocenters. The molecule has 0 radical (unpaired) electrons. The Morgan fingerprint density at radius 1 is 1.42 bits per heavy atom. The molecule has 1 N–H and O–H groups in total. The highest BCUT2D eigenvalue weighted by molar-refractivity contribution is 8.04. The molecule has 0 aromatic rings. The zero-order valence-corrected chi connectivity index (χ0v) is 9.29. The lowest BCUT2D eigenvalue weighted by atomic mass is 10.3. The Kier molecular flexibility index (Phi) is 5.52. The molecule has 1 heterocycles. The molecule has 0 amide bonds. The molecule has 0 spiro atoms. The van der Waals surface area contributed by atoms with Crippen LogP contribution in [0.4, 0.5) is 0 Å². The lowest BCUT2D eigenvalue weighted by molar-refractivity contribution is 0.208. The number of hydrogen-bond donors (Lipinski definition) is 1. The summed E-state index contributed by atoms with van der Waals surface area (Å²) in [6.07, 6.45) is 3.90. The van der Waals surface area contributed by atoms with Crippen molar-refractivity contribution in [3.8, 4) is 0 Å². The maximum atomic E-state index is 9.50. The number of rotatable bonds is 5. The average Bonchev–Trinajstić information content (AvgIpc) is 2.46. The van der Waals surface area contributed by atoms with E-state index in [1.165, 1.54) is 25.0 Å². The van der Waals surface area contributed by atoms with Gasteiger partial charge in [0.1, 0.15) is 0 Å². The van der Waals surface area contributed by atoms with Crippen LogP contribution in [0.25, 0.3) is 0 Å². The van der Waals surface area contributed by atoms with Crippen molar-refractivity contribution in [2.24, 2.45) is 0 Å². The molecule has 0 aliphatic carbocycles. The third kappa shape index (κ3) is 3.58. The van der Waals surface area contributed by atoms with Crippen molar-refractivity contribution in [1.29, 1.82) is 0 Å². The zero-order valence-electron chi connectivity index (χ0n) is 7.66. The molecule has 0 saturated carbocycles. The van der Waals surface area contributed by atoms with E-state index in [-0.39, 0.29) is 6.10 Å². The summed E-state index contributed by atoms with van der Waals surface area (Å²) in [6.45, 7) is 2.23. The summed E-state index contributed by atoms with van der Waals surface area (Å²) >= 11 is 3.84. The van der Waals surface area contributed by atoms with Gasteiger partial charge in [0.15, 0.2) is 0 Å². The molecule has 1 aliphatic rings. The minimum absolute atomic E-state index is 0.0402. The number of aliphatic hydroxyl groups excluding tert-OH is 1. The molecule has 3 heteroatoms. The van der Waals surface area contributed by atoms with Gasteiger partial charge < -0.3 is 5.11 Å². The predicted molar refractivity (Wildman–Crippen MR) is 59.1 cm³/mol. The van der Waals surface area contributed by atoms with Gasteiger partial charge in [0, 0.05) is 16.8 Å². The predicted octanol–water partition coefficient (Wildman–Crippen LogP) is 2.39. The fraction of sp³-hybridized carbons (Fsp3) is 1.00. The molecule has 1 aliphatic heterocycles. The van der Waals surface area contributed by atoms with Crippen molar-refractivity contribution in [3.05, 3.63) is 0 Å². The van der Waals surface area contributed by atoms with E-state index >= 15 is 0 Å². The fourth-order valence-corrected chi connectivity index (χ4v) is 4.12. The Morgan fingerprint density at radius 3 is 2.83 bits per heavy atom. The molecule has 1 rings (SSSR count). The first-order valence-electron chi connectivity index (χ1n) is 4.72. The van der Waals surface area contributed by atoms with Gasteiger partial charge in [-0.3, -0.25) is 0 Å². The molecule has 1 nitrogen and oxygen atoms in total. The lowest BCUT2D eigenvalue weighted by Gasteiger charge is -2.12. The van der Waals surface area contributed by atoms with Crippen LogP contribution in [0.2, 0.25) is 0 Å². The minimum atomic E-state index is -0.0402. The van der Waals surface area contributed by atoms with Gasteiger partial charge in [-0.05, 0) is 12.2 Å². The highest BCUT2D eigenvalue weighted by atomic mass is 32.2. The first-order chi connectivity index (χ1) is 5.84. The van der Waals surface area contributed by atoms with E-state index in [0.717, 1.165) is 11.5 Å². The first kappa shape index (κ1) is 10.7. The second-order valence-electron chi connectivity index (χ2n) is 3.22. The van der Waals surface area contributed by atoms with Crippen molar-refractivity contribution >= 4 is 23.5 Å².